The van der Waals surface area contributed by atoms with Gasteiger partial charge >= 0.3 is 6.03 Å². The number of halogens is 1. The molecule has 2 atom stereocenters. The summed E-state index contributed by atoms with van der Waals surface area (Å²) < 4.78 is 0. The second-order valence-corrected chi connectivity index (χ2v) is 6.63. The summed E-state index contributed by atoms with van der Waals surface area (Å²) in [5.74, 6) is -0.411. The fourth-order valence-electron chi connectivity index (χ4n) is 4.03. The second-order valence-electron chi connectivity index (χ2n) is 6.63. The number of hydrogen-bond donors (Lipinski definition) is 2. The Morgan fingerprint density at radius 3 is 2.61 bits per heavy atom. The van der Waals surface area contributed by atoms with Crippen molar-refractivity contribution in [1.29, 1.82) is 0 Å². The maximum Gasteiger partial charge on any atom is 0.325 e. The molecule has 3 rings (SSSR count). The maximum absolute atomic E-state index is 12.7. The quantitative estimate of drug-likeness (QED) is 0.733. The Hall–Kier alpha value is -1.34. The van der Waals surface area contributed by atoms with Crippen LogP contribution < -0.4 is 11.1 Å². The van der Waals surface area contributed by atoms with Crippen LogP contribution in [0.25, 0.3) is 0 Å². The zero-order valence-corrected chi connectivity index (χ0v) is 14.2. The molecule has 3 fully saturated rings. The fourth-order valence-corrected chi connectivity index (χ4v) is 4.03. The van der Waals surface area contributed by atoms with Crippen LogP contribution in [0.5, 0.6) is 0 Å². The van der Waals surface area contributed by atoms with Gasteiger partial charge in [0.25, 0.3) is 5.91 Å². The van der Waals surface area contributed by atoms with E-state index in [2.05, 4.69) is 5.32 Å². The molecule has 130 valence electrons. The Bertz CT molecular complexity index is 507. The van der Waals surface area contributed by atoms with Gasteiger partial charge in [0.2, 0.25) is 5.91 Å². The number of nitrogens with two attached hydrogens (primary N) is 1. The topological polar surface area (TPSA) is 95.7 Å². The highest BCUT2D eigenvalue weighted by Crippen LogP contribution is 2.36. The fraction of sp³-hybridized carbons (Fsp3) is 0.800. The van der Waals surface area contributed by atoms with E-state index in [1.54, 1.807) is 11.8 Å². The van der Waals surface area contributed by atoms with Gasteiger partial charge < -0.3 is 16.0 Å². The molecule has 2 saturated heterocycles. The minimum Gasteiger partial charge on any atom is -0.337 e. The zero-order valence-electron chi connectivity index (χ0n) is 13.4. The van der Waals surface area contributed by atoms with Gasteiger partial charge in [-0.25, -0.2) is 9.69 Å². The normalized spacial score (nSPS) is 27.3. The number of hydrogen-bond acceptors (Lipinski definition) is 4. The molecular formula is C15H25ClN4O3. The van der Waals surface area contributed by atoms with Gasteiger partial charge in [0.05, 0.1) is 0 Å². The number of nitrogens with one attached hydrogen (secondary N) is 1. The van der Waals surface area contributed by atoms with Crippen molar-refractivity contribution in [3.63, 3.8) is 0 Å². The van der Waals surface area contributed by atoms with Gasteiger partial charge in [-0.05, 0) is 32.6 Å². The van der Waals surface area contributed by atoms with Gasteiger partial charge in [-0.2, -0.15) is 0 Å². The van der Waals surface area contributed by atoms with Gasteiger partial charge in [0, 0.05) is 19.1 Å². The molecular weight excluding hydrogens is 320 g/mol. The molecule has 1 spiro atoms. The van der Waals surface area contributed by atoms with Crippen molar-refractivity contribution in [2.75, 3.05) is 13.1 Å². The predicted molar refractivity (Wildman–Crippen MR) is 87.1 cm³/mol. The number of carbonyl (C=O) groups excluding carboxylic acids is 3. The third-order valence-corrected chi connectivity index (χ3v) is 5.33. The van der Waals surface area contributed by atoms with E-state index in [-0.39, 0.29) is 30.3 Å². The van der Waals surface area contributed by atoms with Crippen molar-refractivity contribution in [2.45, 2.75) is 63.1 Å². The third-order valence-electron chi connectivity index (χ3n) is 5.33. The second kappa shape index (κ2) is 6.65. The molecule has 2 heterocycles. The summed E-state index contributed by atoms with van der Waals surface area (Å²) in [5, 5.41) is 2.82. The van der Waals surface area contributed by atoms with Gasteiger partial charge in [0.15, 0.2) is 0 Å². The first kappa shape index (κ1) is 18.0. The average Bonchev–Trinajstić information content (AvgIpc) is 3.19. The van der Waals surface area contributed by atoms with Crippen LogP contribution in [0, 0.1) is 0 Å². The number of nitrogens with zero attached hydrogens (tertiary/aromatic N) is 2. The minimum atomic E-state index is -0.764. The highest BCUT2D eigenvalue weighted by atomic mass is 35.5. The summed E-state index contributed by atoms with van der Waals surface area (Å²) in [6.07, 6.45) is 5.02. The molecule has 23 heavy (non-hydrogen) atoms. The van der Waals surface area contributed by atoms with Gasteiger partial charge in [-0.1, -0.05) is 12.8 Å². The maximum atomic E-state index is 12.7. The molecule has 0 bridgehead atoms. The average molecular weight is 345 g/mol. The van der Waals surface area contributed by atoms with Gasteiger partial charge in [0.1, 0.15) is 11.6 Å². The number of urea groups is 1. The Labute approximate surface area is 142 Å². The minimum absolute atomic E-state index is 0. The molecule has 3 aliphatic rings. The lowest BCUT2D eigenvalue weighted by molar-refractivity contribution is -0.143. The summed E-state index contributed by atoms with van der Waals surface area (Å²) >= 11 is 0. The largest absolute Gasteiger partial charge is 0.337 e. The SMILES string of the molecule is CC(C(=O)N1CCCC1CN)N1C(=O)NC2(CCCC2)C1=O.Cl. The lowest BCUT2D eigenvalue weighted by Gasteiger charge is -2.30. The summed E-state index contributed by atoms with van der Waals surface area (Å²) in [6.45, 7) is 2.71. The Morgan fingerprint density at radius 1 is 1.35 bits per heavy atom. The van der Waals surface area contributed by atoms with Crippen LogP contribution in [0.2, 0.25) is 0 Å². The molecule has 2 aliphatic heterocycles. The molecule has 8 heteroatoms. The van der Waals surface area contributed by atoms with E-state index in [1.165, 1.54) is 0 Å². The van der Waals surface area contributed by atoms with Crippen LogP contribution in [0.4, 0.5) is 4.79 Å². The van der Waals surface area contributed by atoms with Crippen molar-refractivity contribution in [1.82, 2.24) is 15.1 Å². The smallest absolute Gasteiger partial charge is 0.325 e. The molecule has 1 saturated carbocycles. The van der Waals surface area contributed by atoms with Crippen molar-refractivity contribution in [2.24, 2.45) is 5.73 Å². The molecule has 7 nitrogen and oxygen atoms in total. The molecule has 0 radical (unpaired) electrons. The van der Waals surface area contributed by atoms with Crippen LogP contribution >= 0.6 is 12.4 Å². The highest BCUT2D eigenvalue weighted by molar-refractivity contribution is 6.10. The van der Waals surface area contributed by atoms with Crippen LogP contribution in [-0.2, 0) is 9.59 Å². The molecule has 4 amide bonds. The molecule has 3 N–H and O–H groups in total. The van der Waals surface area contributed by atoms with E-state index in [0.29, 0.717) is 25.9 Å². The van der Waals surface area contributed by atoms with Crippen molar-refractivity contribution < 1.29 is 14.4 Å². The summed E-state index contributed by atoms with van der Waals surface area (Å²) in [4.78, 5) is 40.5. The van der Waals surface area contributed by atoms with Crippen molar-refractivity contribution in [3.8, 4) is 0 Å². The Balaban J connectivity index is 0.00000192. The van der Waals surface area contributed by atoms with Crippen LogP contribution in [0.3, 0.4) is 0 Å². The van der Waals surface area contributed by atoms with E-state index in [4.69, 9.17) is 5.73 Å². The van der Waals surface area contributed by atoms with Gasteiger partial charge in [-0.3, -0.25) is 9.59 Å². The molecule has 0 aromatic rings. The Kier molecular flexibility index (Phi) is 5.20. The summed E-state index contributed by atoms with van der Waals surface area (Å²) in [5.41, 5.74) is 4.95. The molecule has 1 aliphatic carbocycles. The predicted octanol–water partition coefficient (Wildman–Crippen LogP) is 0.611. The first-order chi connectivity index (χ1) is 10.5. The third kappa shape index (κ3) is 2.80. The summed E-state index contributed by atoms with van der Waals surface area (Å²) in [7, 11) is 0. The van der Waals surface area contributed by atoms with Crippen LogP contribution in [0.1, 0.15) is 45.4 Å². The van der Waals surface area contributed by atoms with E-state index in [1.807, 2.05) is 0 Å². The molecule has 0 aromatic heterocycles. The van der Waals surface area contributed by atoms with Gasteiger partial charge in [-0.15, -0.1) is 12.4 Å². The number of likely N-dealkylation sites (tertiary alicyclic amines) is 1. The molecule has 2 unspecified atom stereocenters. The molecule has 0 aromatic carbocycles. The summed E-state index contributed by atoms with van der Waals surface area (Å²) in [6, 6.07) is -1.17. The lowest BCUT2D eigenvalue weighted by atomic mass is 9.97. The first-order valence-electron chi connectivity index (χ1n) is 8.16. The first-order valence-corrected chi connectivity index (χ1v) is 8.16. The van der Waals surface area contributed by atoms with Crippen LogP contribution in [0.15, 0.2) is 0 Å². The number of rotatable bonds is 3. The number of amides is 4. The van der Waals surface area contributed by atoms with Crippen molar-refractivity contribution in [3.05, 3.63) is 0 Å². The number of imide groups is 1. The zero-order chi connectivity index (χ0) is 15.9. The van der Waals surface area contributed by atoms with E-state index in [9.17, 15) is 14.4 Å². The monoisotopic (exact) mass is 344 g/mol. The Morgan fingerprint density at radius 2 is 2.00 bits per heavy atom. The standard InChI is InChI=1S/C15H24N4O3.ClH/c1-10(12(20)18-8-4-5-11(18)9-16)19-13(21)15(17-14(19)22)6-2-3-7-15;/h10-11H,2-9,16H2,1H3,(H,17,22);1H. The lowest BCUT2D eigenvalue weighted by Crippen LogP contribution is -2.53. The number of carbonyl (C=O) groups is 3. The van der Waals surface area contributed by atoms with E-state index in [0.717, 1.165) is 30.6 Å². The van der Waals surface area contributed by atoms with Crippen LogP contribution in [-0.4, -0.2) is 58.4 Å². The van der Waals surface area contributed by atoms with E-state index >= 15 is 0 Å². The van der Waals surface area contributed by atoms with E-state index < -0.39 is 17.6 Å². The highest BCUT2D eigenvalue weighted by Gasteiger charge is 2.55. The van der Waals surface area contributed by atoms with Crippen molar-refractivity contribution >= 4 is 30.3 Å².